The van der Waals surface area contributed by atoms with Gasteiger partial charge in [-0.2, -0.15) is 0 Å². The molecule has 0 heterocycles. The van der Waals surface area contributed by atoms with Crippen LogP contribution in [0.3, 0.4) is 0 Å². The molecule has 0 fully saturated rings. The maximum Gasteiger partial charge on any atom is 0.0843 e. The second-order valence-electron chi connectivity index (χ2n) is 1.86. The van der Waals surface area contributed by atoms with Gasteiger partial charge >= 0.3 is 0 Å². The van der Waals surface area contributed by atoms with Crippen LogP contribution >= 0.6 is 12.2 Å². The zero-order valence-electron chi connectivity index (χ0n) is 5.37. The summed E-state index contributed by atoms with van der Waals surface area (Å²) in [6, 6.07) is 9.57. The number of benzene rings is 1. The molecule has 50 valence electrons. The van der Waals surface area contributed by atoms with E-state index in [1.165, 1.54) is 0 Å². The zero-order chi connectivity index (χ0) is 7.40. The first-order chi connectivity index (χ1) is 4.79. The minimum absolute atomic E-state index is 0.297. The molecule has 2 radical (unpaired) electrons. The molecule has 0 aliphatic heterocycles. The van der Waals surface area contributed by atoms with Crippen molar-refractivity contribution in [1.29, 1.82) is 0 Å². The molecule has 0 aromatic heterocycles. The second-order valence-corrected chi connectivity index (χ2v) is 2.30. The minimum atomic E-state index is 0.297. The third-order valence-electron chi connectivity index (χ3n) is 1.04. The van der Waals surface area contributed by atoms with Gasteiger partial charge in [-0.3, -0.25) is 0 Å². The van der Waals surface area contributed by atoms with Gasteiger partial charge in [0.1, 0.15) is 0 Å². The maximum atomic E-state index is 5.24. The van der Waals surface area contributed by atoms with Gasteiger partial charge in [0.15, 0.2) is 0 Å². The van der Waals surface area contributed by atoms with Gasteiger partial charge in [-0.15, -0.1) is 0 Å². The van der Waals surface area contributed by atoms with Gasteiger partial charge in [-0.25, -0.2) is 0 Å². The Morgan fingerprint density at radius 2 is 1.90 bits per heavy atom. The lowest BCUT2D eigenvalue weighted by atomic mass is 10.3. The van der Waals surface area contributed by atoms with Crippen LogP contribution in [0.4, 0.5) is 5.69 Å². The molecule has 0 saturated heterocycles. The molecule has 0 spiro atoms. The summed E-state index contributed by atoms with van der Waals surface area (Å²) < 4.78 is 0. The lowest BCUT2D eigenvalue weighted by Gasteiger charge is -2.00. The van der Waals surface area contributed by atoms with Crippen molar-refractivity contribution < 1.29 is 0 Å². The molecule has 0 amide bonds. The van der Waals surface area contributed by atoms with E-state index in [0.29, 0.717) is 4.99 Å². The fourth-order valence-electron chi connectivity index (χ4n) is 0.664. The largest absolute Gasteiger partial charge is 0.350 e. The molecule has 1 nitrogen and oxygen atoms in total. The maximum absolute atomic E-state index is 5.24. The third kappa shape index (κ3) is 2.15. The summed E-state index contributed by atoms with van der Waals surface area (Å²) in [4.78, 5) is 0.297. The van der Waals surface area contributed by atoms with Gasteiger partial charge in [-0.1, -0.05) is 30.4 Å². The van der Waals surface area contributed by atoms with Gasteiger partial charge < -0.3 is 5.32 Å². The van der Waals surface area contributed by atoms with E-state index >= 15 is 0 Å². The highest BCUT2D eigenvalue weighted by atomic mass is 32.1. The summed E-state index contributed by atoms with van der Waals surface area (Å²) in [6.45, 7) is 5.24. The Morgan fingerprint density at radius 3 is 2.40 bits per heavy atom. The Morgan fingerprint density at radius 1 is 1.30 bits per heavy atom. The smallest absolute Gasteiger partial charge is 0.0843 e. The lowest BCUT2D eigenvalue weighted by molar-refractivity contribution is 1.65. The molecule has 2 heteroatoms. The van der Waals surface area contributed by atoms with Gasteiger partial charge in [0, 0.05) is 12.6 Å². The van der Waals surface area contributed by atoms with Crippen LogP contribution in [0.15, 0.2) is 30.3 Å². The Kier molecular flexibility index (Phi) is 2.40. The van der Waals surface area contributed by atoms with Crippen molar-refractivity contribution in [1.82, 2.24) is 0 Å². The van der Waals surface area contributed by atoms with E-state index in [1.54, 1.807) is 0 Å². The van der Waals surface area contributed by atoms with Crippen molar-refractivity contribution in [3.63, 3.8) is 0 Å². The first-order valence-electron chi connectivity index (χ1n) is 2.90. The van der Waals surface area contributed by atoms with Crippen molar-refractivity contribution in [3.05, 3.63) is 37.3 Å². The van der Waals surface area contributed by atoms with Crippen molar-refractivity contribution in [2.24, 2.45) is 0 Å². The first kappa shape index (κ1) is 7.22. The molecule has 0 aliphatic rings. The average Bonchev–Trinajstić information content (AvgIpc) is 1.88. The van der Waals surface area contributed by atoms with Crippen molar-refractivity contribution >= 4 is 22.9 Å². The lowest BCUT2D eigenvalue weighted by Crippen LogP contribution is -2.02. The van der Waals surface area contributed by atoms with Crippen molar-refractivity contribution in [2.75, 3.05) is 5.32 Å². The van der Waals surface area contributed by atoms with Crippen LogP contribution in [0, 0.1) is 6.92 Å². The summed E-state index contributed by atoms with van der Waals surface area (Å²) >= 11 is 4.64. The highest BCUT2D eigenvalue weighted by Gasteiger charge is 1.87. The Labute approximate surface area is 66.1 Å². The predicted octanol–water partition coefficient (Wildman–Crippen LogP) is 2.14. The molecular formula is C8H7NS. The van der Waals surface area contributed by atoms with E-state index in [2.05, 4.69) is 17.5 Å². The number of nitrogens with one attached hydrogen (secondary N) is 1. The van der Waals surface area contributed by atoms with Gasteiger partial charge in [0.2, 0.25) is 0 Å². The number of anilines is 1. The Bertz CT molecular complexity index is 218. The number of thiocarbonyl (C=S) groups is 1. The molecule has 0 aliphatic carbocycles. The molecule has 0 bridgehead atoms. The van der Waals surface area contributed by atoms with Crippen LogP contribution in [0.5, 0.6) is 0 Å². The van der Waals surface area contributed by atoms with Gasteiger partial charge in [0.05, 0.1) is 4.99 Å². The summed E-state index contributed by atoms with van der Waals surface area (Å²) in [6.07, 6.45) is 0. The highest BCUT2D eigenvalue weighted by Crippen LogP contribution is 2.04. The molecule has 10 heavy (non-hydrogen) atoms. The zero-order valence-corrected chi connectivity index (χ0v) is 6.19. The number of hydrogen-bond donors (Lipinski definition) is 1. The van der Waals surface area contributed by atoms with E-state index in [4.69, 9.17) is 6.92 Å². The SMILES string of the molecule is [CH]C(=S)Nc1ccccc1. The summed E-state index contributed by atoms with van der Waals surface area (Å²) in [5.74, 6) is 0. The standard InChI is InChI=1S/C8H7NS/c1-7(10)9-8-5-3-2-4-6-8/h1-6H,(H,9,10). The topological polar surface area (TPSA) is 12.0 Å². The van der Waals surface area contributed by atoms with Crippen LogP contribution in [0.25, 0.3) is 0 Å². The molecule has 0 atom stereocenters. The van der Waals surface area contributed by atoms with Crippen LogP contribution in [0.2, 0.25) is 0 Å². The fourth-order valence-corrected chi connectivity index (χ4v) is 0.782. The van der Waals surface area contributed by atoms with E-state index in [1.807, 2.05) is 30.3 Å². The van der Waals surface area contributed by atoms with Crippen molar-refractivity contribution in [3.8, 4) is 0 Å². The molecule has 1 aromatic carbocycles. The number of hydrogen-bond acceptors (Lipinski definition) is 1. The normalized spacial score (nSPS) is 8.90. The van der Waals surface area contributed by atoms with E-state index in [9.17, 15) is 0 Å². The molecule has 1 aromatic rings. The minimum Gasteiger partial charge on any atom is -0.350 e. The van der Waals surface area contributed by atoms with Crippen LogP contribution in [-0.4, -0.2) is 4.99 Å². The van der Waals surface area contributed by atoms with Crippen LogP contribution in [0.1, 0.15) is 0 Å². The summed E-state index contributed by atoms with van der Waals surface area (Å²) in [5.41, 5.74) is 0.926. The van der Waals surface area contributed by atoms with Gasteiger partial charge in [-0.05, 0) is 12.1 Å². The van der Waals surface area contributed by atoms with Crippen LogP contribution in [-0.2, 0) is 0 Å². The van der Waals surface area contributed by atoms with Gasteiger partial charge in [0.25, 0.3) is 0 Å². The molecule has 1 N–H and O–H groups in total. The Hall–Kier alpha value is -0.890. The molecule has 0 unspecified atom stereocenters. The first-order valence-corrected chi connectivity index (χ1v) is 3.31. The molecule has 0 saturated carbocycles. The second kappa shape index (κ2) is 3.32. The van der Waals surface area contributed by atoms with E-state index < -0.39 is 0 Å². The molecule has 1 rings (SSSR count). The fraction of sp³-hybridized carbons (Fsp3) is 0. The van der Waals surface area contributed by atoms with E-state index in [0.717, 1.165) is 5.69 Å². The highest BCUT2D eigenvalue weighted by molar-refractivity contribution is 7.80. The van der Waals surface area contributed by atoms with E-state index in [-0.39, 0.29) is 0 Å². The monoisotopic (exact) mass is 149 g/mol. The summed E-state index contributed by atoms with van der Waals surface area (Å²) in [7, 11) is 0. The summed E-state index contributed by atoms with van der Waals surface area (Å²) in [5, 5.41) is 2.81. The Balaban J connectivity index is 2.67. The van der Waals surface area contributed by atoms with Crippen molar-refractivity contribution in [2.45, 2.75) is 0 Å². The predicted molar refractivity (Wildman–Crippen MR) is 47.0 cm³/mol. The molecular weight excluding hydrogens is 142 g/mol. The van der Waals surface area contributed by atoms with Crippen LogP contribution < -0.4 is 5.32 Å². The third-order valence-corrected chi connectivity index (χ3v) is 1.14. The number of rotatable bonds is 1. The number of para-hydroxylation sites is 1. The quantitative estimate of drug-likeness (QED) is 0.614. The average molecular weight is 149 g/mol.